The van der Waals surface area contributed by atoms with Crippen LogP contribution in [0.3, 0.4) is 0 Å². The molecule has 0 radical (unpaired) electrons. The number of amides is 1. The van der Waals surface area contributed by atoms with Crippen molar-refractivity contribution in [3.63, 3.8) is 0 Å². The van der Waals surface area contributed by atoms with Gasteiger partial charge in [0.1, 0.15) is 0 Å². The Bertz CT molecular complexity index is 203. The lowest BCUT2D eigenvalue weighted by molar-refractivity contribution is 0.0910. The normalized spacial score (nSPS) is 26.3. The predicted molar refractivity (Wildman–Crippen MR) is 64.2 cm³/mol. The topological polar surface area (TPSA) is 40.5 Å². The average molecular weight is 231 g/mol. The van der Waals surface area contributed by atoms with Crippen molar-refractivity contribution in [1.29, 1.82) is 0 Å². The summed E-state index contributed by atoms with van der Waals surface area (Å²) in [7, 11) is 0. The van der Waals surface area contributed by atoms with E-state index in [9.17, 15) is 9.90 Å². The van der Waals surface area contributed by atoms with E-state index in [4.69, 9.17) is 0 Å². The molecule has 0 unspecified atom stereocenters. The molecule has 1 rings (SSSR count). The smallest absolute Gasteiger partial charge is 0.281 e. The third-order valence-electron chi connectivity index (χ3n) is 2.95. The van der Waals surface area contributed by atoms with Gasteiger partial charge in [0.25, 0.3) is 5.24 Å². The summed E-state index contributed by atoms with van der Waals surface area (Å²) in [6, 6.07) is 0.352. The van der Waals surface area contributed by atoms with Crippen molar-refractivity contribution in [2.24, 2.45) is 0 Å². The molecule has 1 aliphatic rings. The van der Waals surface area contributed by atoms with Gasteiger partial charge in [0.15, 0.2) is 0 Å². The molecule has 0 spiro atoms. The van der Waals surface area contributed by atoms with E-state index < -0.39 is 0 Å². The molecule has 0 atom stereocenters. The third-order valence-corrected chi connectivity index (χ3v) is 3.72. The van der Waals surface area contributed by atoms with E-state index in [1.54, 1.807) is 0 Å². The molecule has 1 fully saturated rings. The Balaban J connectivity index is 2.47. The molecule has 1 N–H and O–H groups in total. The fourth-order valence-electron chi connectivity index (χ4n) is 2.11. The van der Waals surface area contributed by atoms with E-state index in [1.165, 1.54) is 11.8 Å². The molecule has 1 amide bonds. The molecular weight excluding hydrogens is 210 g/mol. The Morgan fingerprint density at radius 3 is 2.40 bits per heavy atom. The molecule has 15 heavy (non-hydrogen) atoms. The summed E-state index contributed by atoms with van der Waals surface area (Å²) in [5.41, 5.74) is 0. The summed E-state index contributed by atoms with van der Waals surface area (Å²) in [5, 5.41) is 9.61. The number of carbonyl (C=O) groups excluding carboxylic acids is 1. The van der Waals surface area contributed by atoms with Crippen molar-refractivity contribution < 1.29 is 9.90 Å². The first-order valence-corrected chi connectivity index (χ1v) is 6.79. The Morgan fingerprint density at radius 1 is 1.33 bits per heavy atom. The van der Waals surface area contributed by atoms with Gasteiger partial charge in [-0.05, 0) is 38.4 Å². The molecule has 1 saturated carbocycles. The third kappa shape index (κ3) is 3.68. The second-order valence-electron chi connectivity index (χ2n) is 3.95. The zero-order valence-electron chi connectivity index (χ0n) is 9.61. The van der Waals surface area contributed by atoms with Crippen LogP contribution in [0.1, 0.15) is 39.5 Å². The Morgan fingerprint density at radius 2 is 1.93 bits per heavy atom. The Kier molecular flexibility index (Phi) is 5.47. The van der Waals surface area contributed by atoms with Gasteiger partial charge in [0.2, 0.25) is 0 Å². The molecule has 0 heterocycles. The quantitative estimate of drug-likeness (QED) is 0.811. The predicted octanol–water partition coefficient (Wildman–Crippen LogP) is 2.48. The van der Waals surface area contributed by atoms with Crippen molar-refractivity contribution in [2.45, 2.75) is 51.7 Å². The number of hydrogen-bond acceptors (Lipinski definition) is 3. The average Bonchev–Trinajstić information content (AvgIpc) is 2.22. The highest BCUT2D eigenvalue weighted by molar-refractivity contribution is 8.13. The fraction of sp³-hybridized carbons (Fsp3) is 0.909. The van der Waals surface area contributed by atoms with Gasteiger partial charge in [-0.1, -0.05) is 18.7 Å². The molecular formula is C11H21NO2S. The number of hydrogen-bond donors (Lipinski definition) is 1. The monoisotopic (exact) mass is 231 g/mol. The highest BCUT2D eigenvalue weighted by Gasteiger charge is 2.26. The van der Waals surface area contributed by atoms with E-state index in [-0.39, 0.29) is 11.3 Å². The maximum absolute atomic E-state index is 11.8. The maximum Gasteiger partial charge on any atom is 0.281 e. The second kappa shape index (κ2) is 6.38. The zero-order chi connectivity index (χ0) is 11.3. The van der Waals surface area contributed by atoms with Gasteiger partial charge in [-0.25, -0.2) is 0 Å². The number of thioether (sulfide) groups is 1. The van der Waals surface area contributed by atoms with Gasteiger partial charge in [-0.3, -0.25) is 4.79 Å². The molecule has 88 valence electrons. The second-order valence-corrected chi connectivity index (χ2v) is 5.16. The molecule has 0 aromatic heterocycles. The van der Waals surface area contributed by atoms with Crippen LogP contribution in [0.25, 0.3) is 0 Å². The largest absolute Gasteiger partial charge is 0.393 e. The van der Waals surface area contributed by atoms with Gasteiger partial charge in [-0.2, -0.15) is 0 Å². The highest BCUT2D eigenvalue weighted by atomic mass is 32.2. The lowest BCUT2D eigenvalue weighted by atomic mass is 9.92. The highest BCUT2D eigenvalue weighted by Crippen LogP contribution is 2.25. The minimum atomic E-state index is -0.145. The van der Waals surface area contributed by atoms with Gasteiger partial charge in [-0.15, -0.1) is 0 Å². The first kappa shape index (κ1) is 12.8. The van der Waals surface area contributed by atoms with Crippen molar-refractivity contribution in [2.75, 3.05) is 12.3 Å². The molecule has 0 aliphatic heterocycles. The lowest BCUT2D eigenvalue weighted by Gasteiger charge is -2.34. The molecule has 3 nitrogen and oxygen atoms in total. The molecule has 0 bridgehead atoms. The van der Waals surface area contributed by atoms with Crippen LogP contribution in [-0.4, -0.2) is 39.7 Å². The summed E-state index contributed by atoms with van der Waals surface area (Å²) < 4.78 is 0. The summed E-state index contributed by atoms with van der Waals surface area (Å²) in [6.07, 6.45) is 3.43. The maximum atomic E-state index is 11.8. The van der Waals surface area contributed by atoms with E-state index in [1.807, 2.05) is 18.7 Å². The zero-order valence-corrected chi connectivity index (χ0v) is 10.4. The van der Waals surface area contributed by atoms with Crippen LogP contribution in [0, 0.1) is 0 Å². The van der Waals surface area contributed by atoms with Crippen molar-refractivity contribution in [3.05, 3.63) is 0 Å². The lowest BCUT2D eigenvalue weighted by Crippen LogP contribution is -2.41. The summed E-state index contributed by atoms with van der Waals surface area (Å²) in [5.74, 6) is 0.838. The first-order chi connectivity index (χ1) is 7.19. The van der Waals surface area contributed by atoms with E-state index in [2.05, 4.69) is 0 Å². The SMILES string of the molecule is CCSC(=O)N(CC)C1CCC(O)CC1. The first-order valence-electron chi connectivity index (χ1n) is 5.80. The standard InChI is InChI=1S/C11H21NO2S/c1-3-12(11(14)15-4-2)9-5-7-10(13)8-6-9/h9-10,13H,3-8H2,1-2H3. The number of aliphatic hydroxyl groups is 1. The number of rotatable bonds is 3. The number of nitrogens with zero attached hydrogens (tertiary/aromatic N) is 1. The minimum Gasteiger partial charge on any atom is -0.393 e. The van der Waals surface area contributed by atoms with Gasteiger partial charge < -0.3 is 10.0 Å². The van der Waals surface area contributed by atoms with Gasteiger partial charge >= 0.3 is 0 Å². The molecule has 4 heteroatoms. The van der Waals surface area contributed by atoms with Crippen LogP contribution in [0.2, 0.25) is 0 Å². The van der Waals surface area contributed by atoms with Crippen LogP contribution < -0.4 is 0 Å². The van der Waals surface area contributed by atoms with Crippen molar-refractivity contribution in [3.8, 4) is 0 Å². The molecule has 0 aromatic carbocycles. The van der Waals surface area contributed by atoms with Crippen LogP contribution in [0.15, 0.2) is 0 Å². The van der Waals surface area contributed by atoms with Gasteiger partial charge in [0.05, 0.1) is 6.10 Å². The van der Waals surface area contributed by atoms with Crippen LogP contribution >= 0.6 is 11.8 Å². The fourth-order valence-corrected chi connectivity index (χ4v) is 2.80. The molecule has 1 aliphatic carbocycles. The Hall–Kier alpha value is -0.220. The van der Waals surface area contributed by atoms with Crippen molar-refractivity contribution >= 4 is 17.0 Å². The van der Waals surface area contributed by atoms with Crippen molar-refractivity contribution in [1.82, 2.24) is 4.90 Å². The Labute approximate surface area is 96.2 Å². The molecule has 0 aromatic rings. The van der Waals surface area contributed by atoms with Crippen LogP contribution in [0.4, 0.5) is 4.79 Å². The van der Waals surface area contributed by atoms with Crippen LogP contribution in [-0.2, 0) is 0 Å². The number of carbonyl (C=O) groups is 1. The van der Waals surface area contributed by atoms with Crippen LogP contribution in [0.5, 0.6) is 0 Å². The minimum absolute atomic E-state index is 0.145. The van der Waals surface area contributed by atoms with E-state index >= 15 is 0 Å². The summed E-state index contributed by atoms with van der Waals surface area (Å²) in [4.78, 5) is 13.7. The number of aliphatic hydroxyl groups excluding tert-OH is 1. The summed E-state index contributed by atoms with van der Waals surface area (Å²) >= 11 is 1.38. The summed E-state index contributed by atoms with van der Waals surface area (Å²) in [6.45, 7) is 4.81. The van der Waals surface area contributed by atoms with E-state index in [0.717, 1.165) is 38.0 Å². The van der Waals surface area contributed by atoms with Gasteiger partial charge in [0, 0.05) is 12.6 Å². The molecule has 0 saturated heterocycles. The van der Waals surface area contributed by atoms with E-state index in [0.29, 0.717) is 6.04 Å².